The van der Waals surface area contributed by atoms with Crippen LogP contribution in [0.4, 0.5) is 0 Å². The quantitative estimate of drug-likeness (QED) is 0.763. The Hall–Kier alpha value is -0.570. The molecule has 3 saturated carbocycles. The molecule has 17 heavy (non-hydrogen) atoms. The SMILES string of the molecule is NCC1(CNC(=O)CC2CC3CCC2C3)CC1. The summed E-state index contributed by atoms with van der Waals surface area (Å²) < 4.78 is 0. The molecule has 3 fully saturated rings. The zero-order chi connectivity index (χ0) is 11.9. The lowest BCUT2D eigenvalue weighted by Crippen LogP contribution is -2.35. The molecule has 3 atom stereocenters. The van der Waals surface area contributed by atoms with Crippen molar-refractivity contribution in [3.8, 4) is 0 Å². The maximum absolute atomic E-state index is 11.9. The Morgan fingerprint density at radius 3 is 2.65 bits per heavy atom. The van der Waals surface area contributed by atoms with Crippen LogP contribution in [0.1, 0.15) is 44.9 Å². The fourth-order valence-electron chi connectivity index (χ4n) is 3.85. The average Bonchev–Trinajstić information content (AvgIpc) is 2.83. The number of hydrogen-bond donors (Lipinski definition) is 2. The molecule has 0 aromatic carbocycles. The highest BCUT2D eigenvalue weighted by Gasteiger charge is 2.42. The topological polar surface area (TPSA) is 55.1 Å². The Kier molecular flexibility index (Phi) is 2.89. The molecular formula is C14H24N2O. The summed E-state index contributed by atoms with van der Waals surface area (Å²) in [5.74, 6) is 2.75. The van der Waals surface area contributed by atoms with Crippen LogP contribution in [0.25, 0.3) is 0 Å². The van der Waals surface area contributed by atoms with Gasteiger partial charge in [0.1, 0.15) is 0 Å². The van der Waals surface area contributed by atoms with Gasteiger partial charge in [0.25, 0.3) is 0 Å². The molecule has 0 radical (unpaired) electrons. The van der Waals surface area contributed by atoms with Crippen molar-refractivity contribution in [1.29, 1.82) is 0 Å². The van der Waals surface area contributed by atoms with Gasteiger partial charge >= 0.3 is 0 Å². The second-order valence-corrected chi connectivity index (χ2v) is 6.62. The molecule has 0 aromatic heterocycles. The largest absolute Gasteiger partial charge is 0.355 e. The van der Waals surface area contributed by atoms with Crippen molar-refractivity contribution in [3.05, 3.63) is 0 Å². The van der Waals surface area contributed by atoms with Crippen LogP contribution in [-0.2, 0) is 4.79 Å². The van der Waals surface area contributed by atoms with Crippen LogP contribution in [-0.4, -0.2) is 19.0 Å². The fourth-order valence-corrected chi connectivity index (χ4v) is 3.85. The molecule has 96 valence electrons. The molecule has 0 aliphatic heterocycles. The Balaban J connectivity index is 1.42. The summed E-state index contributed by atoms with van der Waals surface area (Å²) in [4.78, 5) is 11.9. The lowest BCUT2D eigenvalue weighted by molar-refractivity contribution is -0.122. The maximum Gasteiger partial charge on any atom is 0.220 e. The molecule has 3 aliphatic carbocycles. The summed E-state index contributed by atoms with van der Waals surface area (Å²) in [7, 11) is 0. The molecule has 3 nitrogen and oxygen atoms in total. The van der Waals surface area contributed by atoms with E-state index in [1.54, 1.807) is 0 Å². The number of amides is 1. The molecule has 3 unspecified atom stereocenters. The molecule has 0 aromatic rings. The van der Waals surface area contributed by atoms with E-state index < -0.39 is 0 Å². The summed E-state index contributed by atoms with van der Waals surface area (Å²) in [5.41, 5.74) is 5.98. The number of hydrogen-bond acceptors (Lipinski definition) is 2. The van der Waals surface area contributed by atoms with Crippen LogP contribution >= 0.6 is 0 Å². The van der Waals surface area contributed by atoms with E-state index in [9.17, 15) is 4.79 Å². The van der Waals surface area contributed by atoms with E-state index in [0.717, 1.165) is 31.3 Å². The summed E-state index contributed by atoms with van der Waals surface area (Å²) >= 11 is 0. The first-order chi connectivity index (χ1) is 8.21. The van der Waals surface area contributed by atoms with Gasteiger partial charge in [-0.1, -0.05) is 6.42 Å². The minimum Gasteiger partial charge on any atom is -0.355 e. The summed E-state index contributed by atoms with van der Waals surface area (Å²) in [5, 5.41) is 3.10. The second kappa shape index (κ2) is 4.27. The number of carbonyl (C=O) groups is 1. The maximum atomic E-state index is 11.9. The Bertz CT molecular complexity index is 311. The van der Waals surface area contributed by atoms with Gasteiger partial charge in [-0.05, 0) is 61.8 Å². The van der Waals surface area contributed by atoms with E-state index in [1.165, 1.54) is 38.5 Å². The third-order valence-corrected chi connectivity index (χ3v) is 5.38. The number of nitrogens with one attached hydrogen (secondary N) is 1. The first-order valence-corrected chi connectivity index (χ1v) is 7.17. The number of nitrogens with two attached hydrogens (primary N) is 1. The zero-order valence-electron chi connectivity index (χ0n) is 10.6. The molecule has 3 heteroatoms. The minimum atomic E-state index is 0.266. The van der Waals surface area contributed by atoms with Crippen molar-refractivity contribution in [2.45, 2.75) is 44.9 Å². The Morgan fingerprint density at radius 1 is 1.29 bits per heavy atom. The van der Waals surface area contributed by atoms with Crippen molar-refractivity contribution < 1.29 is 4.79 Å². The Morgan fingerprint density at radius 2 is 2.12 bits per heavy atom. The zero-order valence-corrected chi connectivity index (χ0v) is 10.6. The highest BCUT2D eigenvalue weighted by atomic mass is 16.1. The summed E-state index contributed by atoms with van der Waals surface area (Å²) in [6, 6.07) is 0. The molecule has 3 N–H and O–H groups in total. The second-order valence-electron chi connectivity index (χ2n) is 6.62. The van der Waals surface area contributed by atoms with Crippen molar-refractivity contribution >= 4 is 5.91 Å². The van der Waals surface area contributed by atoms with Crippen LogP contribution in [0.2, 0.25) is 0 Å². The van der Waals surface area contributed by atoms with Crippen LogP contribution in [0.3, 0.4) is 0 Å². The number of rotatable bonds is 5. The monoisotopic (exact) mass is 236 g/mol. The van der Waals surface area contributed by atoms with Gasteiger partial charge in [-0.2, -0.15) is 0 Å². The third kappa shape index (κ3) is 2.35. The molecule has 2 bridgehead atoms. The molecule has 0 spiro atoms. The molecular weight excluding hydrogens is 212 g/mol. The van der Waals surface area contributed by atoms with Crippen molar-refractivity contribution in [2.24, 2.45) is 28.9 Å². The minimum absolute atomic E-state index is 0.266. The number of carbonyl (C=O) groups excluding carboxylic acids is 1. The van der Waals surface area contributed by atoms with Crippen LogP contribution < -0.4 is 11.1 Å². The van der Waals surface area contributed by atoms with Gasteiger partial charge in [0.05, 0.1) is 0 Å². The first-order valence-electron chi connectivity index (χ1n) is 7.17. The normalized spacial score (nSPS) is 37.1. The van der Waals surface area contributed by atoms with Crippen LogP contribution in [0.5, 0.6) is 0 Å². The summed E-state index contributed by atoms with van der Waals surface area (Å²) in [6.45, 7) is 1.53. The van der Waals surface area contributed by atoms with Crippen molar-refractivity contribution in [2.75, 3.05) is 13.1 Å². The van der Waals surface area contributed by atoms with E-state index >= 15 is 0 Å². The van der Waals surface area contributed by atoms with Gasteiger partial charge in [-0.3, -0.25) is 4.79 Å². The van der Waals surface area contributed by atoms with Crippen molar-refractivity contribution in [3.63, 3.8) is 0 Å². The highest BCUT2D eigenvalue weighted by Crippen LogP contribution is 2.49. The lowest BCUT2D eigenvalue weighted by Gasteiger charge is -2.21. The van der Waals surface area contributed by atoms with E-state index in [1.807, 2.05) is 0 Å². The standard InChI is InChI=1S/C14H24N2O/c15-8-14(3-4-14)9-16-13(17)7-12-6-10-1-2-11(12)5-10/h10-12H,1-9,15H2,(H,16,17). The van der Waals surface area contributed by atoms with Crippen molar-refractivity contribution in [1.82, 2.24) is 5.32 Å². The van der Waals surface area contributed by atoms with E-state index in [4.69, 9.17) is 5.73 Å². The first kappa shape index (κ1) is 11.5. The van der Waals surface area contributed by atoms with Gasteiger partial charge in [0.15, 0.2) is 0 Å². The number of fused-ring (bicyclic) bond motifs is 2. The van der Waals surface area contributed by atoms with E-state index in [0.29, 0.717) is 5.92 Å². The predicted octanol–water partition coefficient (Wildman–Crippen LogP) is 1.67. The molecule has 1 amide bonds. The van der Waals surface area contributed by atoms with Crippen LogP contribution in [0.15, 0.2) is 0 Å². The fraction of sp³-hybridized carbons (Fsp3) is 0.929. The lowest BCUT2D eigenvalue weighted by atomic mass is 9.86. The predicted molar refractivity (Wildman–Crippen MR) is 67.3 cm³/mol. The molecule has 0 saturated heterocycles. The van der Waals surface area contributed by atoms with Crippen LogP contribution in [0, 0.1) is 23.2 Å². The van der Waals surface area contributed by atoms with E-state index in [2.05, 4.69) is 5.32 Å². The molecule has 3 aliphatic rings. The van der Waals surface area contributed by atoms with Gasteiger partial charge in [-0.15, -0.1) is 0 Å². The molecule has 3 rings (SSSR count). The third-order valence-electron chi connectivity index (χ3n) is 5.38. The highest BCUT2D eigenvalue weighted by molar-refractivity contribution is 5.76. The van der Waals surface area contributed by atoms with Gasteiger partial charge in [-0.25, -0.2) is 0 Å². The smallest absolute Gasteiger partial charge is 0.220 e. The van der Waals surface area contributed by atoms with Gasteiger partial charge < -0.3 is 11.1 Å². The van der Waals surface area contributed by atoms with Gasteiger partial charge in [0, 0.05) is 13.0 Å². The molecule has 0 heterocycles. The van der Waals surface area contributed by atoms with E-state index in [-0.39, 0.29) is 11.3 Å². The Labute approximate surface area is 104 Å². The average molecular weight is 236 g/mol. The van der Waals surface area contributed by atoms with Gasteiger partial charge in [0.2, 0.25) is 5.91 Å². The summed E-state index contributed by atoms with van der Waals surface area (Å²) in [6.07, 6.45) is 8.64.